The minimum atomic E-state index is -3.79. The molecule has 0 aromatic heterocycles. The summed E-state index contributed by atoms with van der Waals surface area (Å²) in [7, 11) is -0.990. The number of rotatable bonds is 4. The first-order valence-electron chi connectivity index (χ1n) is 6.29. The molecule has 7 heteroatoms. The second kappa shape index (κ2) is 7.22. The van der Waals surface area contributed by atoms with Gasteiger partial charge in [0.05, 0.1) is 18.0 Å². The summed E-state index contributed by atoms with van der Waals surface area (Å²) in [4.78, 5) is 11.4. The van der Waals surface area contributed by atoms with Crippen molar-refractivity contribution in [1.82, 2.24) is 9.62 Å². The number of sulfonamides is 1. The van der Waals surface area contributed by atoms with Crippen molar-refractivity contribution in [3.05, 3.63) is 29.3 Å². The highest BCUT2D eigenvalue weighted by molar-refractivity contribution is 7.89. The number of carbonyl (C=O) groups excluding carboxylic acids is 1. The first-order valence-corrected chi connectivity index (χ1v) is 7.73. The molecule has 1 rings (SSSR count). The van der Waals surface area contributed by atoms with E-state index in [0.717, 1.165) is 9.87 Å². The van der Waals surface area contributed by atoms with Crippen LogP contribution in [0.5, 0.6) is 0 Å². The number of amides is 1. The van der Waals surface area contributed by atoms with Crippen molar-refractivity contribution in [3.63, 3.8) is 0 Å². The number of benzene rings is 1. The van der Waals surface area contributed by atoms with E-state index in [1.165, 1.54) is 20.2 Å². The van der Waals surface area contributed by atoms with E-state index in [4.69, 9.17) is 5.73 Å². The molecule has 0 saturated heterocycles. The van der Waals surface area contributed by atoms with E-state index in [2.05, 4.69) is 17.2 Å². The van der Waals surface area contributed by atoms with Crippen LogP contribution in [0.15, 0.2) is 23.1 Å². The molecule has 0 fully saturated rings. The molecule has 0 heterocycles. The predicted octanol–water partition coefficient (Wildman–Crippen LogP) is -0.328. The average molecular weight is 309 g/mol. The lowest BCUT2D eigenvalue weighted by molar-refractivity contribution is -0.120. The highest BCUT2D eigenvalue weighted by atomic mass is 32.2. The van der Waals surface area contributed by atoms with E-state index in [9.17, 15) is 13.2 Å². The number of nitrogens with one attached hydrogen (secondary N) is 1. The molecule has 3 N–H and O–H groups in total. The molecule has 0 aliphatic rings. The molecule has 0 saturated carbocycles. The van der Waals surface area contributed by atoms with E-state index in [1.54, 1.807) is 12.1 Å². The molecule has 6 nitrogen and oxygen atoms in total. The zero-order chi connectivity index (χ0) is 16.0. The van der Waals surface area contributed by atoms with Gasteiger partial charge in [-0.05, 0) is 24.6 Å². The van der Waals surface area contributed by atoms with Gasteiger partial charge in [-0.3, -0.25) is 4.79 Å². The zero-order valence-corrected chi connectivity index (χ0v) is 13.1. The number of hydrogen-bond acceptors (Lipinski definition) is 4. The van der Waals surface area contributed by atoms with Gasteiger partial charge in [0.25, 0.3) is 0 Å². The minimum absolute atomic E-state index is 0.0699. The van der Waals surface area contributed by atoms with Gasteiger partial charge >= 0.3 is 0 Å². The molecule has 0 radical (unpaired) electrons. The second-order valence-electron chi connectivity index (χ2n) is 4.44. The van der Waals surface area contributed by atoms with Gasteiger partial charge < -0.3 is 11.1 Å². The van der Waals surface area contributed by atoms with Gasteiger partial charge in [0.1, 0.15) is 0 Å². The quantitative estimate of drug-likeness (QED) is 0.745. The molecule has 1 aromatic rings. The Kier molecular flexibility index (Phi) is 5.90. The average Bonchev–Trinajstić information content (AvgIpc) is 2.44. The zero-order valence-electron chi connectivity index (χ0n) is 12.3. The van der Waals surface area contributed by atoms with Gasteiger partial charge in [0, 0.05) is 19.7 Å². The standard InChI is InChI=1S/C14H19N3O3S/c1-11-6-7-13(12(9-11)5-4-8-15)21(19,20)17(3)10-14(18)16-2/h6-7,9H,8,10,15H2,1-3H3,(H,16,18). The third-order valence-corrected chi connectivity index (χ3v) is 4.66. The molecule has 114 valence electrons. The highest BCUT2D eigenvalue weighted by Gasteiger charge is 2.25. The molecule has 1 amide bonds. The van der Waals surface area contributed by atoms with Crippen molar-refractivity contribution in [2.75, 3.05) is 27.2 Å². The number of carbonyl (C=O) groups is 1. The summed E-state index contributed by atoms with van der Waals surface area (Å²) in [5.74, 6) is 5.03. The second-order valence-corrected chi connectivity index (χ2v) is 6.45. The van der Waals surface area contributed by atoms with Crippen LogP contribution in [0.4, 0.5) is 0 Å². The van der Waals surface area contributed by atoms with E-state index in [-0.39, 0.29) is 23.9 Å². The van der Waals surface area contributed by atoms with Gasteiger partial charge in [0.15, 0.2) is 0 Å². The Morgan fingerprint density at radius 2 is 2.10 bits per heavy atom. The van der Waals surface area contributed by atoms with Crippen molar-refractivity contribution in [2.45, 2.75) is 11.8 Å². The maximum Gasteiger partial charge on any atom is 0.244 e. The van der Waals surface area contributed by atoms with Crippen LogP contribution >= 0.6 is 0 Å². The minimum Gasteiger partial charge on any atom is -0.358 e. The third-order valence-electron chi connectivity index (χ3n) is 2.79. The van der Waals surface area contributed by atoms with E-state index >= 15 is 0 Å². The lowest BCUT2D eigenvalue weighted by atomic mass is 10.1. The summed E-state index contributed by atoms with van der Waals surface area (Å²) in [5, 5.41) is 2.39. The number of aryl methyl sites for hydroxylation is 1. The predicted molar refractivity (Wildman–Crippen MR) is 81.0 cm³/mol. The topological polar surface area (TPSA) is 92.5 Å². The molecule has 0 aliphatic carbocycles. The summed E-state index contributed by atoms with van der Waals surface area (Å²) < 4.78 is 26.0. The summed E-state index contributed by atoms with van der Waals surface area (Å²) >= 11 is 0. The van der Waals surface area contributed by atoms with Crippen LogP contribution in [-0.4, -0.2) is 45.8 Å². The monoisotopic (exact) mass is 309 g/mol. The maximum absolute atomic E-state index is 12.5. The molecule has 0 atom stereocenters. The van der Waals surface area contributed by atoms with Crippen molar-refractivity contribution in [3.8, 4) is 11.8 Å². The summed E-state index contributed by atoms with van der Waals surface area (Å²) in [6, 6.07) is 4.86. The molecule has 0 bridgehead atoms. The van der Waals surface area contributed by atoms with E-state index in [0.29, 0.717) is 5.56 Å². The van der Waals surface area contributed by atoms with Crippen molar-refractivity contribution >= 4 is 15.9 Å². The lowest BCUT2D eigenvalue weighted by Gasteiger charge is -2.17. The summed E-state index contributed by atoms with van der Waals surface area (Å²) in [5.41, 5.74) is 6.60. The molecule has 0 unspecified atom stereocenters. The Bertz CT molecular complexity index is 687. The normalized spacial score (nSPS) is 10.9. The number of nitrogens with zero attached hydrogens (tertiary/aromatic N) is 1. The number of likely N-dealkylation sites (N-methyl/N-ethyl adjacent to an activating group) is 2. The van der Waals surface area contributed by atoms with Crippen LogP contribution in [0.2, 0.25) is 0 Å². The summed E-state index contributed by atoms with van der Waals surface area (Å²) in [6.07, 6.45) is 0. The third kappa shape index (κ3) is 4.29. The van der Waals surface area contributed by atoms with Gasteiger partial charge in [0.2, 0.25) is 15.9 Å². The number of nitrogens with two attached hydrogens (primary N) is 1. The van der Waals surface area contributed by atoms with Crippen LogP contribution in [0.1, 0.15) is 11.1 Å². The first kappa shape index (κ1) is 17.2. The fourth-order valence-corrected chi connectivity index (χ4v) is 2.90. The number of hydrogen-bond donors (Lipinski definition) is 2. The van der Waals surface area contributed by atoms with Crippen LogP contribution in [0.3, 0.4) is 0 Å². The fraction of sp³-hybridized carbons (Fsp3) is 0.357. The molecular formula is C14H19N3O3S. The van der Waals surface area contributed by atoms with Gasteiger partial charge in [-0.25, -0.2) is 8.42 Å². The van der Waals surface area contributed by atoms with Gasteiger partial charge in [-0.1, -0.05) is 17.9 Å². The first-order chi connectivity index (χ1) is 9.82. The van der Waals surface area contributed by atoms with Crippen molar-refractivity contribution < 1.29 is 13.2 Å². The fourth-order valence-electron chi connectivity index (χ4n) is 1.65. The van der Waals surface area contributed by atoms with E-state index in [1.807, 2.05) is 6.92 Å². The van der Waals surface area contributed by atoms with Crippen LogP contribution in [0, 0.1) is 18.8 Å². The van der Waals surface area contributed by atoms with Gasteiger partial charge in [-0.15, -0.1) is 0 Å². The molecule has 1 aromatic carbocycles. The molecular weight excluding hydrogens is 290 g/mol. The van der Waals surface area contributed by atoms with Gasteiger partial charge in [-0.2, -0.15) is 4.31 Å². The maximum atomic E-state index is 12.5. The Morgan fingerprint density at radius 1 is 1.43 bits per heavy atom. The van der Waals surface area contributed by atoms with Crippen molar-refractivity contribution in [2.24, 2.45) is 5.73 Å². The Morgan fingerprint density at radius 3 is 2.67 bits per heavy atom. The summed E-state index contributed by atoms with van der Waals surface area (Å²) in [6.45, 7) is 1.73. The SMILES string of the molecule is CNC(=O)CN(C)S(=O)(=O)c1ccc(C)cc1C#CCN. The molecule has 0 spiro atoms. The Hall–Kier alpha value is -1.88. The Labute approximate surface area is 125 Å². The van der Waals surface area contributed by atoms with Crippen LogP contribution in [-0.2, 0) is 14.8 Å². The molecule has 21 heavy (non-hydrogen) atoms. The largest absolute Gasteiger partial charge is 0.358 e. The lowest BCUT2D eigenvalue weighted by Crippen LogP contribution is -2.37. The molecule has 0 aliphatic heterocycles. The highest BCUT2D eigenvalue weighted by Crippen LogP contribution is 2.20. The smallest absolute Gasteiger partial charge is 0.244 e. The van der Waals surface area contributed by atoms with E-state index < -0.39 is 10.0 Å². The van der Waals surface area contributed by atoms with Crippen LogP contribution in [0.25, 0.3) is 0 Å². The van der Waals surface area contributed by atoms with Crippen LogP contribution < -0.4 is 11.1 Å². The Balaban J connectivity index is 3.28. The van der Waals surface area contributed by atoms with Crippen molar-refractivity contribution in [1.29, 1.82) is 0 Å².